The van der Waals surface area contributed by atoms with Gasteiger partial charge in [-0.2, -0.15) is 0 Å². The van der Waals surface area contributed by atoms with E-state index in [0.29, 0.717) is 12.4 Å². The summed E-state index contributed by atoms with van der Waals surface area (Å²) in [7, 11) is 0. The first-order valence-electron chi connectivity index (χ1n) is 8.55. The van der Waals surface area contributed by atoms with Crippen molar-refractivity contribution >= 4 is 35.1 Å². The molecule has 0 heterocycles. The minimum atomic E-state index is -0.464. The highest BCUT2D eigenvalue weighted by Gasteiger charge is 2.10. The summed E-state index contributed by atoms with van der Waals surface area (Å²) in [5, 5.41) is 2.27. The van der Waals surface area contributed by atoms with E-state index in [0.717, 1.165) is 17.5 Å². The first-order valence-corrected chi connectivity index (χ1v) is 8.96. The molecule has 2 amide bonds. The Morgan fingerprint density at radius 2 is 1.67 bits per heavy atom. The van der Waals surface area contributed by atoms with Crippen LogP contribution in [0.5, 0.6) is 5.75 Å². The molecule has 0 fully saturated rings. The highest BCUT2D eigenvalue weighted by atomic mass is 32.1. The largest absolute Gasteiger partial charge is 0.484 e. The van der Waals surface area contributed by atoms with Crippen molar-refractivity contribution in [1.82, 2.24) is 16.2 Å². The number of amides is 2. The smallest absolute Gasteiger partial charge is 0.306 e. The second kappa shape index (κ2) is 11.8. The van der Waals surface area contributed by atoms with Crippen LogP contribution in [0.4, 0.5) is 0 Å². The summed E-state index contributed by atoms with van der Waals surface area (Å²) >= 11 is 4.90. The number of hydrogen-bond donors (Lipinski definition) is 3. The Bertz CT molecular complexity index is 673. The van der Waals surface area contributed by atoms with Gasteiger partial charge in [-0.1, -0.05) is 13.0 Å². The van der Waals surface area contributed by atoms with E-state index in [1.165, 1.54) is 0 Å². The van der Waals surface area contributed by atoms with Crippen LogP contribution in [-0.2, 0) is 19.1 Å². The van der Waals surface area contributed by atoms with Crippen molar-refractivity contribution in [3.8, 4) is 5.75 Å². The molecule has 148 valence electrons. The van der Waals surface area contributed by atoms with Crippen LogP contribution in [0, 0.1) is 13.8 Å². The predicted octanol–water partition coefficient (Wildman–Crippen LogP) is 1.44. The van der Waals surface area contributed by atoms with E-state index in [4.69, 9.17) is 21.7 Å². The van der Waals surface area contributed by atoms with Crippen molar-refractivity contribution in [3.05, 3.63) is 29.3 Å². The fraction of sp³-hybridized carbons (Fsp3) is 0.444. The third kappa shape index (κ3) is 10.1. The molecule has 0 aromatic heterocycles. The summed E-state index contributed by atoms with van der Waals surface area (Å²) in [5.41, 5.74) is 6.78. The fourth-order valence-corrected chi connectivity index (χ4v) is 2.22. The topological polar surface area (TPSA) is 106 Å². The molecule has 0 unspecified atom stereocenters. The van der Waals surface area contributed by atoms with Gasteiger partial charge in [0.05, 0.1) is 13.0 Å². The van der Waals surface area contributed by atoms with Crippen LogP contribution in [0.15, 0.2) is 18.2 Å². The molecule has 8 nitrogen and oxygen atoms in total. The standard InChI is InChI=1S/C18H25N3O5S/c1-4-7-25-17(24)6-5-15(22)19-18(27)21-20-16(23)11-26-14-9-12(2)8-13(3)10-14/h8-10H,4-7,11H2,1-3H3,(H,20,23)(H2,19,21,22,27). The van der Waals surface area contributed by atoms with E-state index < -0.39 is 17.8 Å². The average molecular weight is 395 g/mol. The first kappa shape index (κ1) is 22.4. The second-order valence-electron chi connectivity index (χ2n) is 5.88. The number of benzene rings is 1. The SMILES string of the molecule is CCCOC(=O)CCC(=O)NC(=S)NNC(=O)COc1cc(C)cc(C)c1. The Balaban J connectivity index is 2.23. The molecule has 0 bridgehead atoms. The average Bonchev–Trinajstić information content (AvgIpc) is 2.60. The molecule has 27 heavy (non-hydrogen) atoms. The maximum atomic E-state index is 11.8. The van der Waals surface area contributed by atoms with Gasteiger partial charge < -0.3 is 14.8 Å². The Labute approximate surface area is 164 Å². The lowest BCUT2D eigenvalue weighted by molar-refractivity contribution is -0.144. The van der Waals surface area contributed by atoms with E-state index in [1.807, 2.05) is 39.0 Å². The fourth-order valence-electron chi connectivity index (χ4n) is 2.05. The zero-order valence-corrected chi connectivity index (χ0v) is 16.5. The number of ether oxygens (including phenoxy) is 2. The van der Waals surface area contributed by atoms with Gasteiger partial charge in [-0.3, -0.25) is 25.2 Å². The highest BCUT2D eigenvalue weighted by Crippen LogP contribution is 2.15. The monoisotopic (exact) mass is 395 g/mol. The molecular weight excluding hydrogens is 370 g/mol. The molecular formula is C18H25N3O5S. The van der Waals surface area contributed by atoms with Gasteiger partial charge in [0.25, 0.3) is 5.91 Å². The van der Waals surface area contributed by atoms with Gasteiger partial charge in [-0.15, -0.1) is 0 Å². The third-order valence-electron chi connectivity index (χ3n) is 3.16. The summed E-state index contributed by atoms with van der Waals surface area (Å²) in [5.74, 6) is -0.771. The van der Waals surface area contributed by atoms with Gasteiger partial charge in [0.15, 0.2) is 11.7 Å². The van der Waals surface area contributed by atoms with Gasteiger partial charge in [0, 0.05) is 6.42 Å². The number of carbonyl (C=O) groups is 3. The molecule has 0 aliphatic heterocycles. The van der Waals surface area contributed by atoms with Crippen LogP contribution in [0.3, 0.4) is 0 Å². The molecule has 1 aromatic carbocycles. The number of rotatable bonds is 8. The summed E-state index contributed by atoms with van der Waals surface area (Å²) in [6.07, 6.45) is 0.623. The molecule has 1 rings (SSSR count). The lowest BCUT2D eigenvalue weighted by Gasteiger charge is -2.12. The van der Waals surface area contributed by atoms with E-state index in [2.05, 4.69) is 16.2 Å². The van der Waals surface area contributed by atoms with Crippen molar-refractivity contribution in [3.63, 3.8) is 0 Å². The van der Waals surface area contributed by atoms with Crippen LogP contribution in [0.1, 0.15) is 37.3 Å². The Morgan fingerprint density at radius 1 is 1.00 bits per heavy atom. The van der Waals surface area contributed by atoms with Crippen molar-refractivity contribution in [1.29, 1.82) is 0 Å². The normalized spacial score (nSPS) is 9.89. The number of thiocarbonyl (C=S) groups is 1. The summed E-state index contributed by atoms with van der Waals surface area (Å²) in [6.45, 7) is 5.87. The molecule has 3 N–H and O–H groups in total. The van der Waals surface area contributed by atoms with E-state index in [-0.39, 0.29) is 24.6 Å². The highest BCUT2D eigenvalue weighted by molar-refractivity contribution is 7.80. The Hall–Kier alpha value is -2.68. The molecule has 0 aliphatic rings. The van der Waals surface area contributed by atoms with Crippen molar-refractivity contribution in [2.75, 3.05) is 13.2 Å². The molecule has 0 spiro atoms. The number of carbonyl (C=O) groups excluding carboxylic acids is 3. The number of hydrogen-bond acceptors (Lipinski definition) is 6. The van der Waals surface area contributed by atoms with Crippen LogP contribution in [0.25, 0.3) is 0 Å². The van der Waals surface area contributed by atoms with E-state index in [9.17, 15) is 14.4 Å². The van der Waals surface area contributed by atoms with Gasteiger partial charge in [0.2, 0.25) is 5.91 Å². The zero-order valence-electron chi connectivity index (χ0n) is 15.7. The third-order valence-corrected chi connectivity index (χ3v) is 3.36. The summed E-state index contributed by atoms with van der Waals surface area (Å²) in [4.78, 5) is 34.7. The summed E-state index contributed by atoms with van der Waals surface area (Å²) < 4.78 is 10.3. The number of aryl methyl sites for hydroxylation is 2. The number of esters is 1. The van der Waals surface area contributed by atoms with Crippen LogP contribution in [-0.4, -0.2) is 36.1 Å². The maximum Gasteiger partial charge on any atom is 0.306 e. The molecule has 9 heteroatoms. The molecule has 0 aliphatic carbocycles. The van der Waals surface area contributed by atoms with Gasteiger partial charge in [0.1, 0.15) is 5.75 Å². The Morgan fingerprint density at radius 3 is 2.30 bits per heavy atom. The minimum absolute atomic E-state index is 0.0371. The zero-order chi connectivity index (χ0) is 20.2. The molecule has 0 radical (unpaired) electrons. The lowest BCUT2D eigenvalue weighted by atomic mass is 10.1. The summed E-state index contributed by atoms with van der Waals surface area (Å²) in [6, 6.07) is 5.65. The van der Waals surface area contributed by atoms with Crippen molar-refractivity contribution in [2.24, 2.45) is 0 Å². The van der Waals surface area contributed by atoms with Gasteiger partial charge in [-0.25, -0.2) is 0 Å². The minimum Gasteiger partial charge on any atom is -0.484 e. The number of hydrazine groups is 1. The van der Waals surface area contributed by atoms with Gasteiger partial charge >= 0.3 is 5.97 Å². The van der Waals surface area contributed by atoms with Crippen molar-refractivity contribution < 1.29 is 23.9 Å². The van der Waals surface area contributed by atoms with Crippen LogP contribution < -0.4 is 20.9 Å². The van der Waals surface area contributed by atoms with Crippen LogP contribution in [0.2, 0.25) is 0 Å². The molecule has 0 atom stereocenters. The van der Waals surface area contributed by atoms with Crippen molar-refractivity contribution in [2.45, 2.75) is 40.0 Å². The maximum absolute atomic E-state index is 11.8. The van der Waals surface area contributed by atoms with E-state index >= 15 is 0 Å². The quantitative estimate of drug-likeness (QED) is 0.347. The molecule has 0 saturated heterocycles. The van der Waals surface area contributed by atoms with Crippen LogP contribution >= 0.6 is 12.2 Å². The molecule has 0 saturated carbocycles. The first-order chi connectivity index (χ1) is 12.8. The second-order valence-corrected chi connectivity index (χ2v) is 6.29. The Kier molecular flexibility index (Phi) is 9.81. The predicted molar refractivity (Wildman–Crippen MR) is 104 cm³/mol. The van der Waals surface area contributed by atoms with E-state index in [1.54, 1.807) is 0 Å². The lowest BCUT2D eigenvalue weighted by Crippen LogP contribution is -2.49. The number of nitrogens with one attached hydrogen (secondary N) is 3. The van der Waals surface area contributed by atoms with Gasteiger partial charge in [-0.05, 0) is 55.7 Å². The molecule has 1 aromatic rings.